The molecule has 0 atom stereocenters. The van der Waals surface area contributed by atoms with Crippen molar-refractivity contribution < 1.29 is 19.4 Å². The first-order chi connectivity index (χ1) is 8.72. The van der Waals surface area contributed by atoms with E-state index in [4.69, 9.17) is 9.47 Å². The van der Waals surface area contributed by atoms with Crippen molar-refractivity contribution in [1.29, 1.82) is 0 Å². The van der Waals surface area contributed by atoms with Gasteiger partial charge in [0.25, 0.3) is 0 Å². The Morgan fingerprint density at radius 2 is 2.06 bits per heavy atom. The van der Waals surface area contributed by atoms with E-state index >= 15 is 0 Å². The van der Waals surface area contributed by atoms with Gasteiger partial charge in [0.05, 0.1) is 32.6 Å². The highest BCUT2D eigenvalue weighted by Crippen LogP contribution is 2.40. The van der Waals surface area contributed by atoms with E-state index in [1.165, 1.54) is 17.5 Å². The van der Waals surface area contributed by atoms with Crippen LogP contribution in [0.25, 0.3) is 0 Å². The molecule has 18 heavy (non-hydrogen) atoms. The third-order valence-corrected chi connectivity index (χ3v) is 3.54. The van der Waals surface area contributed by atoms with Crippen molar-refractivity contribution in [1.82, 2.24) is 9.78 Å². The van der Waals surface area contributed by atoms with Gasteiger partial charge < -0.3 is 14.6 Å². The average Bonchev–Trinajstić information content (AvgIpc) is 3.13. The van der Waals surface area contributed by atoms with Crippen molar-refractivity contribution >= 4 is 5.97 Å². The van der Waals surface area contributed by atoms with E-state index in [2.05, 4.69) is 5.10 Å². The molecule has 98 valence electrons. The van der Waals surface area contributed by atoms with Crippen molar-refractivity contribution in [2.75, 3.05) is 26.4 Å². The van der Waals surface area contributed by atoms with Gasteiger partial charge in [0, 0.05) is 6.20 Å². The molecule has 0 radical (unpaired) electrons. The maximum atomic E-state index is 11.6. The van der Waals surface area contributed by atoms with Gasteiger partial charge in [-0.2, -0.15) is 5.10 Å². The summed E-state index contributed by atoms with van der Waals surface area (Å²) in [7, 11) is 0. The molecule has 0 amide bonds. The molecule has 1 aliphatic carbocycles. The van der Waals surface area contributed by atoms with Crippen LogP contribution in [0.5, 0.6) is 0 Å². The van der Waals surface area contributed by atoms with E-state index < -0.39 is 11.5 Å². The molecule has 2 aliphatic rings. The summed E-state index contributed by atoms with van der Waals surface area (Å²) in [6.07, 6.45) is 5.91. The van der Waals surface area contributed by atoms with E-state index in [0.717, 1.165) is 5.56 Å². The number of hydrogen-bond acceptors (Lipinski definition) is 4. The Balaban J connectivity index is 1.93. The predicted molar refractivity (Wildman–Crippen MR) is 61.4 cm³/mol. The van der Waals surface area contributed by atoms with Crippen molar-refractivity contribution in [3.8, 4) is 0 Å². The van der Waals surface area contributed by atoms with Gasteiger partial charge >= 0.3 is 5.97 Å². The fourth-order valence-corrected chi connectivity index (χ4v) is 2.19. The molecular weight excluding hydrogens is 236 g/mol. The summed E-state index contributed by atoms with van der Waals surface area (Å²) in [4.78, 5) is 11.6. The Labute approximate surface area is 104 Å². The molecular formula is C12H16N2O4. The van der Waals surface area contributed by atoms with Crippen LogP contribution in [0.15, 0.2) is 12.4 Å². The minimum Gasteiger partial charge on any atom is -0.479 e. The zero-order chi connectivity index (χ0) is 12.6. The van der Waals surface area contributed by atoms with Crippen molar-refractivity contribution in [3.05, 3.63) is 18.0 Å². The molecule has 6 heteroatoms. The second-order valence-electron chi connectivity index (χ2n) is 4.93. The molecule has 1 saturated carbocycles. The Kier molecular flexibility index (Phi) is 2.83. The van der Waals surface area contributed by atoms with E-state index in [1.807, 2.05) is 6.20 Å². The summed E-state index contributed by atoms with van der Waals surface area (Å²) in [5, 5.41) is 13.7. The van der Waals surface area contributed by atoms with Crippen LogP contribution in [-0.4, -0.2) is 47.3 Å². The normalized spacial score (nSPS) is 23.6. The molecule has 2 heterocycles. The summed E-state index contributed by atoms with van der Waals surface area (Å²) in [6, 6.07) is 0. The number of nitrogens with zero attached hydrogens (tertiary/aromatic N) is 2. The summed E-state index contributed by atoms with van der Waals surface area (Å²) in [5.74, 6) is -0.410. The van der Waals surface area contributed by atoms with Gasteiger partial charge in [-0.15, -0.1) is 0 Å². The fourth-order valence-electron chi connectivity index (χ4n) is 2.19. The average molecular weight is 252 g/mol. The summed E-state index contributed by atoms with van der Waals surface area (Å²) >= 11 is 0. The van der Waals surface area contributed by atoms with Crippen molar-refractivity contribution in [2.24, 2.45) is 0 Å². The van der Waals surface area contributed by atoms with Gasteiger partial charge in [0.2, 0.25) is 5.54 Å². The van der Waals surface area contributed by atoms with Crippen LogP contribution < -0.4 is 0 Å². The Morgan fingerprint density at radius 3 is 2.61 bits per heavy atom. The van der Waals surface area contributed by atoms with Crippen LogP contribution in [0.3, 0.4) is 0 Å². The lowest BCUT2D eigenvalue weighted by atomic mass is 10.0. The van der Waals surface area contributed by atoms with E-state index in [0.29, 0.717) is 19.1 Å². The summed E-state index contributed by atoms with van der Waals surface area (Å²) in [6.45, 7) is 1.03. The monoisotopic (exact) mass is 252 g/mol. The standard InChI is InChI=1S/C12H16N2O4/c15-11(16)12(7-17-3-4-18-8-12)14-6-10(5-13-14)9-1-2-9/h5-6,9H,1-4,7-8H2,(H,15,16). The number of carbonyl (C=O) groups is 1. The maximum Gasteiger partial charge on any atom is 0.336 e. The Bertz CT molecular complexity index is 445. The first-order valence-corrected chi connectivity index (χ1v) is 6.16. The van der Waals surface area contributed by atoms with Gasteiger partial charge in [-0.1, -0.05) is 0 Å². The zero-order valence-electron chi connectivity index (χ0n) is 10.0. The van der Waals surface area contributed by atoms with Gasteiger partial charge in [-0.25, -0.2) is 4.79 Å². The Morgan fingerprint density at radius 1 is 1.39 bits per heavy atom. The number of aliphatic carboxylic acids is 1. The lowest BCUT2D eigenvalue weighted by Crippen LogP contribution is -2.49. The minimum atomic E-state index is -1.23. The first kappa shape index (κ1) is 11.7. The number of hydrogen-bond donors (Lipinski definition) is 1. The SMILES string of the molecule is O=C(O)C1(n2cc(C3CC3)cn2)COCCOC1. The molecule has 1 saturated heterocycles. The fraction of sp³-hybridized carbons (Fsp3) is 0.667. The third-order valence-electron chi connectivity index (χ3n) is 3.54. The molecule has 1 aliphatic heterocycles. The van der Waals surface area contributed by atoms with Gasteiger partial charge in [-0.05, 0) is 24.3 Å². The van der Waals surface area contributed by atoms with Crippen molar-refractivity contribution in [3.63, 3.8) is 0 Å². The molecule has 0 spiro atoms. The number of carboxylic acid groups (broad SMARTS) is 1. The number of ether oxygens (including phenoxy) is 2. The predicted octanol–water partition coefficient (Wildman–Crippen LogP) is 0.587. The highest BCUT2D eigenvalue weighted by molar-refractivity contribution is 5.77. The smallest absolute Gasteiger partial charge is 0.336 e. The van der Waals surface area contributed by atoms with Gasteiger partial charge in [0.15, 0.2) is 0 Å². The van der Waals surface area contributed by atoms with Crippen LogP contribution in [-0.2, 0) is 19.8 Å². The quantitative estimate of drug-likeness (QED) is 0.852. The second kappa shape index (κ2) is 4.37. The number of rotatable bonds is 3. The largest absolute Gasteiger partial charge is 0.479 e. The minimum absolute atomic E-state index is 0.0914. The lowest BCUT2D eigenvalue weighted by molar-refractivity contribution is -0.153. The maximum absolute atomic E-state index is 11.6. The molecule has 2 fully saturated rings. The second-order valence-corrected chi connectivity index (χ2v) is 4.93. The first-order valence-electron chi connectivity index (χ1n) is 6.16. The molecule has 3 rings (SSSR count). The third kappa shape index (κ3) is 1.91. The van der Waals surface area contributed by atoms with Crippen LogP contribution >= 0.6 is 0 Å². The molecule has 0 bridgehead atoms. The Hall–Kier alpha value is -1.40. The van der Waals surface area contributed by atoms with E-state index in [9.17, 15) is 9.90 Å². The highest BCUT2D eigenvalue weighted by atomic mass is 16.5. The molecule has 0 aromatic carbocycles. The topological polar surface area (TPSA) is 73.6 Å². The summed E-state index contributed by atoms with van der Waals surface area (Å²) < 4.78 is 12.2. The van der Waals surface area contributed by atoms with Crippen LogP contribution in [0, 0.1) is 0 Å². The number of aromatic nitrogens is 2. The number of carboxylic acids is 1. The van der Waals surface area contributed by atoms with E-state index in [1.54, 1.807) is 6.20 Å². The van der Waals surface area contributed by atoms with Crippen LogP contribution in [0.1, 0.15) is 24.3 Å². The van der Waals surface area contributed by atoms with Crippen LogP contribution in [0.4, 0.5) is 0 Å². The highest BCUT2D eigenvalue weighted by Gasteiger charge is 2.44. The van der Waals surface area contributed by atoms with Crippen molar-refractivity contribution in [2.45, 2.75) is 24.3 Å². The summed E-state index contributed by atoms with van der Waals surface area (Å²) in [5.41, 5.74) is -0.122. The zero-order valence-corrected chi connectivity index (χ0v) is 10.0. The molecule has 1 aromatic rings. The molecule has 1 aromatic heterocycles. The lowest BCUT2D eigenvalue weighted by Gasteiger charge is -2.26. The molecule has 1 N–H and O–H groups in total. The van der Waals surface area contributed by atoms with Gasteiger partial charge in [0.1, 0.15) is 0 Å². The molecule has 6 nitrogen and oxygen atoms in total. The van der Waals surface area contributed by atoms with Gasteiger partial charge in [-0.3, -0.25) is 4.68 Å². The van der Waals surface area contributed by atoms with E-state index in [-0.39, 0.29) is 13.2 Å². The van der Waals surface area contributed by atoms with Crippen LogP contribution in [0.2, 0.25) is 0 Å². The molecule has 0 unspecified atom stereocenters.